The summed E-state index contributed by atoms with van der Waals surface area (Å²) in [5.41, 5.74) is 0.577. The largest absolute Gasteiger partial charge is 0.490 e. The summed E-state index contributed by atoms with van der Waals surface area (Å²) >= 11 is 1.53. The van der Waals surface area contributed by atoms with Gasteiger partial charge < -0.3 is 19.5 Å². The Morgan fingerprint density at radius 3 is 2.50 bits per heavy atom. The van der Waals surface area contributed by atoms with Crippen molar-refractivity contribution < 1.29 is 19.0 Å². The fourth-order valence-corrected chi connectivity index (χ4v) is 4.85. The van der Waals surface area contributed by atoms with Crippen molar-refractivity contribution in [3.8, 4) is 5.75 Å². The van der Waals surface area contributed by atoms with Crippen LogP contribution in [0, 0.1) is 5.92 Å². The van der Waals surface area contributed by atoms with Crippen LogP contribution in [-0.2, 0) is 9.47 Å². The average Bonchev–Trinajstić information content (AvgIpc) is 2.73. The molecule has 32 heavy (non-hydrogen) atoms. The highest BCUT2D eigenvalue weighted by Gasteiger charge is 2.30. The first-order chi connectivity index (χ1) is 15.0. The lowest BCUT2D eigenvalue weighted by atomic mass is 10.2. The average molecular weight is 505 g/mol. The molecule has 9 heteroatoms. The summed E-state index contributed by atoms with van der Waals surface area (Å²) in [5.74, 6) is 1.03. The number of hydrogen-bond donors (Lipinski definition) is 2. The zero-order valence-electron chi connectivity index (χ0n) is 20.5. The molecule has 0 bridgehead atoms. The van der Waals surface area contributed by atoms with E-state index in [9.17, 15) is 4.79 Å². The predicted octanol–water partition coefficient (Wildman–Crippen LogP) is 5.25. The van der Waals surface area contributed by atoms with Crippen LogP contribution in [0.25, 0.3) is 0 Å². The van der Waals surface area contributed by atoms with Gasteiger partial charge in [-0.1, -0.05) is 74.2 Å². The molecule has 1 aromatic rings. The van der Waals surface area contributed by atoms with Crippen molar-refractivity contribution in [2.45, 2.75) is 51.2 Å². The van der Waals surface area contributed by atoms with Crippen molar-refractivity contribution in [1.82, 2.24) is 10.0 Å². The Balaban J connectivity index is 2.67. The van der Waals surface area contributed by atoms with Gasteiger partial charge in [0, 0.05) is 30.0 Å². The molecule has 0 spiro atoms. The molecule has 0 saturated heterocycles. The molecule has 0 aromatic heterocycles. The minimum absolute atomic E-state index is 0.0899. The Hall–Kier alpha value is -0.580. The molecule has 0 aliphatic carbocycles. The van der Waals surface area contributed by atoms with Gasteiger partial charge in [0.2, 0.25) is 0 Å². The van der Waals surface area contributed by atoms with Crippen LogP contribution < -0.4 is 14.8 Å². The Bertz CT molecular complexity index is 671. The van der Waals surface area contributed by atoms with Crippen molar-refractivity contribution in [3.63, 3.8) is 0 Å². The Morgan fingerprint density at radius 1 is 1.09 bits per heavy atom. The van der Waals surface area contributed by atoms with Gasteiger partial charge in [0.05, 0.1) is 13.2 Å². The van der Waals surface area contributed by atoms with E-state index in [1.165, 1.54) is 11.9 Å². The van der Waals surface area contributed by atoms with E-state index in [0.717, 1.165) is 6.61 Å². The van der Waals surface area contributed by atoms with E-state index >= 15 is 0 Å². The second-order valence-electron chi connectivity index (χ2n) is 8.90. The summed E-state index contributed by atoms with van der Waals surface area (Å²) in [4.78, 5) is 11.8. The minimum Gasteiger partial charge on any atom is -0.490 e. The molecule has 6 nitrogen and oxygen atoms in total. The van der Waals surface area contributed by atoms with Gasteiger partial charge in [-0.25, -0.2) is 0 Å². The molecule has 184 valence electrons. The zero-order chi connectivity index (χ0) is 24.0. The molecule has 1 rings (SSSR count). The number of hydrogen-bond acceptors (Lipinski definition) is 8. The molecule has 1 aromatic carbocycles. The van der Waals surface area contributed by atoms with Crippen LogP contribution in [0.1, 0.15) is 51.9 Å². The molecule has 0 radical (unpaired) electrons. The monoisotopic (exact) mass is 504 g/mol. The number of nitrogens with one attached hydrogen (secondary N) is 2. The van der Waals surface area contributed by atoms with E-state index in [2.05, 4.69) is 44.7 Å². The third-order valence-corrected chi connectivity index (χ3v) is 8.28. The maximum atomic E-state index is 12.4. The molecular weight excluding hydrogens is 464 g/mol. The highest BCUT2D eigenvalue weighted by atomic mass is 33.1. The normalized spacial score (nSPS) is 13.8. The third-order valence-electron chi connectivity index (χ3n) is 3.81. The van der Waals surface area contributed by atoms with Crippen LogP contribution in [0.5, 0.6) is 5.75 Å². The molecule has 0 fully saturated rings. The van der Waals surface area contributed by atoms with Crippen LogP contribution in [0.15, 0.2) is 24.3 Å². The lowest BCUT2D eigenvalue weighted by Crippen LogP contribution is -2.34. The summed E-state index contributed by atoms with van der Waals surface area (Å²) in [5, 5.41) is 2.90. The van der Waals surface area contributed by atoms with Gasteiger partial charge in [-0.05, 0) is 37.3 Å². The molecule has 0 heterocycles. The van der Waals surface area contributed by atoms with E-state index in [0.29, 0.717) is 50.1 Å². The second-order valence-corrected chi connectivity index (χ2v) is 13.0. The van der Waals surface area contributed by atoms with Gasteiger partial charge in [0.15, 0.2) is 4.93 Å². The van der Waals surface area contributed by atoms with Crippen molar-refractivity contribution >= 4 is 39.4 Å². The lowest BCUT2D eigenvalue weighted by Gasteiger charge is -2.31. The van der Waals surface area contributed by atoms with Gasteiger partial charge in [-0.3, -0.25) is 9.52 Å². The summed E-state index contributed by atoms with van der Waals surface area (Å²) in [6.45, 7) is 16.2. The molecule has 2 N–H and O–H groups in total. The molecule has 0 saturated carbocycles. The van der Waals surface area contributed by atoms with E-state index in [1.54, 1.807) is 33.7 Å². The van der Waals surface area contributed by atoms with E-state index in [4.69, 9.17) is 14.2 Å². The van der Waals surface area contributed by atoms with Crippen LogP contribution in [0.3, 0.4) is 0 Å². The fourth-order valence-electron chi connectivity index (χ4n) is 2.31. The van der Waals surface area contributed by atoms with Crippen LogP contribution in [-0.4, -0.2) is 61.4 Å². The maximum absolute atomic E-state index is 12.4. The fraction of sp³-hybridized carbons (Fsp3) is 0.696. The van der Waals surface area contributed by atoms with Gasteiger partial charge in [-0.15, -0.1) is 0 Å². The summed E-state index contributed by atoms with van der Waals surface area (Å²) in [6.07, 6.45) is 1.96. The Kier molecular flexibility index (Phi) is 14.1. The van der Waals surface area contributed by atoms with Gasteiger partial charge in [0.25, 0.3) is 5.91 Å². The molecule has 0 aliphatic heterocycles. The zero-order valence-corrected chi connectivity index (χ0v) is 22.9. The van der Waals surface area contributed by atoms with Crippen molar-refractivity contribution in [1.29, 1.82) is 0 Å². The van der Waals surface area contributed by atoms with Gasteiger partial charge >= 0.3 is 0 Å². The Labute approximate surface area is 206 Å². The smallest absolute Gasteiger partial charge is 0.251 e. The first kappa shape index (κ1) is 29.5. The molecule has 1 atom stereocenters. The second kappa shape index (κ2) is 15.3. The van der Waals surface area contributed by atoms with Crippen molar-refractivity contribution in [2.24, 2.45) is 5.92 Å². The molecule has 1 unspecified atom stereocenters. The highest BCUT2D eigenvalue weighted by Crippen LogP contribution is 2.44. The van der Waals surface area contributed by atoms with E-state index in [-0.39, 0.29) is 10.7 Å². The standard InChI is InChI=1S/C23H40N2O4S3/c1-18(2)16-27-13-14-29-23(6,32-31-22(3,4)5)17-28-20-10-8-9-19(15-20)21(26)24-11-12-25-30-7/h8-10,15,18,25H,11-14,16-17H2,1-7H3,(H,24,26). The molecule has 1 amide bonds. The first-order valence-electron chi connectivity index (χ1n) is 10.9. The predicted molar refractivity (Wildman–Crippen MR) is 141 cm³/mol. The van der Waals surface area contributed by atoms with Crippen LogP contribution >= 0.6 is 33.5 Å². The number of ether oxygens (including phenoxy) is 3. The van der Waals surface area contributed by atoms with Crippen molar-refractivity contribution in [2.75, 3.05) is 45.8 Å². The topological polar surface area (TPSA) is 68.8 Å². The number of carbonyl (C=O) groups is 1. The van der Waals surface area contributed by atoms with E-state index in [1.807, 2.05) is 25.3 Å². The van der Waals surface area contributed by atoms with E-state index < -0.39 is 4.93 Å². The van der Waals surface area contributed by atoms with Crippen LogP contribution in [0.2, 0.25) is 0 Å². The molecule has 0 aliphatic rings. The van der Waals surface area contributed by atoms with Gasteiger partial charge in [0.1, 0.15) is 12.4 Å². The molecular formula is C23H40N2O4S3. The first-order valence-corrected chi connectivity index (χ1v) is 14.3. The highest BCUT2D eigenvalue weighted by molar-refractivity contribution is 8.77. The number of carbonyl (C=O) groups excluding carboxylic acids is 1. The Morgan fingerprint density at radius 2 is 1.84 bits per heavy atom. The number of benzene rings is 1. The quantitative estimate of drug-likeness (QED) is 0.137. The lowest BCUT2D eigenvalue weighted by molar-refractivity contribution is -0.0275. The summed E-state index contributed by atoms with van der Waals surface area (Å²) in [6, 6.07) is 7.25. The summed E-state index contributed by atoms with van der Waals surface area (Å²) < 4.78 is 21.1. The SMILES string of the molecule is CSNCCNC(=O)c1cccc(OCC(C)(OCCOCC(C)C)SSC(C)(C)C)c1. The number of amides is 1. The van der Waals surface area contributed by atoms with Crippen molar-refractivity contribution in [3.05, 3.63) is 29.8 Å². The third kappa shape index (κ3) is 13.9. The summed E-state index contributed by atoms with van der Waals surface area (Å²) in [7, 11) is 3.43. The van der Waals surface area contributed by atoms with Gasteiger partial charge in [-0.2, -0.15) is 0 Å². The maximum Gasteiger partial charge on any atom is 0.251 e. The minimum atomic E-state index is -0.555. The van der Waals surface area contributed by atoms with Crippen LogP contribution in [0.4, 0.5) is 0 Å². The number of rotatable bonds is 16.